The van der Waals surface area contributed by atoms with Crippen LogP contribution in [0.2, 0.25) is 0 Å². The SMILES string of the molecule is CN(C)c1cc(CNc2ccc(S(=O)(=O)N3CCCCC3)cn2)c2ccccc2n1. The lowest BCUT2D eigenvalue weighted by Gasteiger charge is -2.25. The molecule has 0 saturated carbocycles. The van der Waals surface area contributed by atoms with E-state index in [0.717, 1.165) is 41.5 Å². The molecule has 7 nitrogen and oxygen atoms in total. The lowest BCUT2D eigenvalue weighted by atomic mass is 10.1. The van der Waals surface area contributed by atoms with Crippen LogP contribution in [0, 0.1) is 0 Å². The monoisotopic (exact) mass is 425 g/mol. The van der Waals surface area contributed by atoms with Gasteiger partial charge in [-0.2, -0.15) is 4.31 Å². The molecule has 2 aromatic heterocycles. The van der Waals surface area contributed by atoms with E-state index in [-0.39, 0.29) is 4.90 Å². The first-order valence-corrected chi connectivity index (χ1v) is 11.7. The molecule has 0 radical (unpaired) electrons. The van der Waals surface area contributed by atoms with Gasteiger partial charge in [-0.05, 0) is 42.7 Å². The molecule has 0 atom stereocenters. The highest BCUT2D eigenvalue weighted by molar-refractivity contribution is 7.89. The molecular formula is C22H27N5O2S. The van der Waals surface area contributed by atoms with Crippen LogP contribution in [0.3, 0.4) is 0 Å². The van der Waals surface area contributed by atoms with Crippen molar-refractivity contribution in [3.05, 3.63) is 54.2 Å². The summed E-state index contributed by atoms with van der Waals surface area (Å²) in [7, 11) is 0.479. The van der Waals surface area contributed by atoms with E-state index < -0.39 is 10.0 Å². The van der Waals surface area contributed by atoms with Crippen LogP contribution in [0.5, 0.6) is 0 Å². The molecule has 0 unspecified atom stereocenters. The molecular weight excluding hydrogens is 398 g/mol. The third kappa shape index (κ3) is 4.24. The highest BCUT2D eigenvalue weighted by atomic mass is 32.2. The van der Waals surface area contributed by atoms with Gasteiger partial charge in [0.2, 0.25) is 10.0 Å². The second-order valence-corrected chi connectivity index (χ2v) is 9.69. The Labute approximate surface area is 177 Å². The van der Waals surface area contributed by atoms with Gasteiger partial charge in [0.05, 0.1) is 5.52 Å². The Morgan fingerprint density at radius 1 is 1.07 bits per heavy atom. The standard InChI is InChI=1S/C22H27N5O2S/c1-26(2)22-14-17(19-8-4-5-9-20(19)25-22)15-23-21-11-10-18(16-24-21)30(28,29)27-12-6-3-7-13-27/h4-5,8-11,14,16H,3,6-7,12-13,15H2,1-2H3,(H,23,24). The minimum absolute atomic E-state index is 0.249. The maximum absolute atomic E-state index is 12.8. The smallest absolute Gasteiger partial charge is 0.244 e. The predicted molar refractivity (Wildman–Crippen MR) is 120 cm³/mol. The lowest BCUT2D eigenvalue weighted by Crippen LogP contribution is -2.35. The number of hydrogen-bond donors (Lipinski definition) is 1. The van der Waals surface area contributed by atoms with Crippen LogP contribution in [0.4, 0.5) is 11.6 Å². The van der Waals surface area contributed by atoms with Crippen molar-refractivity contribution in [2.45, 2.75) is 30.7 Å². The Balaban J connectivity index is 1.52. The molecule has 1 N–H and O–H groups in total. The number of anilines is 2. The van der Waals surface area contributed by atoms with E-state index in [1.165, 1.54) is 6.20 Å². The van der Waals surface area contributed by atoms with Crippen LogP contribution < -0.4 is 10.2 Å². The van der Waals surface area contributed by atoms with Crippen molar-refractivity contribution < 1.29 is 8.42 Å². The fraction of sp³-hybridized carbons (Fsp3) is 0.364. The number of para-hydroxylation sites is 1. The number of hydrogen-bond acceptors (Lipinski definition) is 6. The van der Waals surface area contributed by atoms with E-state index in [1.807, 2.05) is 37.2 Å². The van der Waals surface area contributed by atoms with Crippen molar-refractivity contribution >= 4 is 32.6 Å². The van der Waals surface area contributed by atoms with Gasteiger partial charge in [0.25, 0.3) is 0 Å². The highest BCUT2D eigenvalue weighted by Gasteiger charge is 2.26. The molecule has 1 saturated heterocycles. The van der Waals surface area contributed by atoms with Gasteiger partial charge in [0.1, 0.15) is 16.5 Å². The first-order valence-electron chi connectivity index (χ1n) is 10.2. The quantitative estimate of drug-likeness (QED) is 0.651. The zero-order valence-electron chi connectivity index (χ0n) is 17.4. The maximum atomic E-state index is 12.8. The van der Waals surface area contributed by atoms with Crippen LogP contribution in [-0.2, 0) is 16.6 Å². The molecule has 30 heavy (non-hydrogen) atoms. The summed E-state index contributed by atoms with van der Waals surface area (Å²) >= 11 is 0. The fourth-order valence-corrected chi connectivity index (χ4v) is 5.15. The lowest BCUT2D eigenvalue weighted by molar-refractivity contribution is 0.346. The second-order valence-electron chi connectivity index (χ2n) is 7.75. The molecule has 3 heterocycles. The van der Waals surface area contributed by atoms with Crippen LogP contribution in [0.15, 0.2) is 53.6 Å². The normalized spacial score (nSPS) is 15.3. The summed E-state index contributed by atoms with van der Waals surface area (Å²) in [5.41, 5.74) is 2.05. The molecule has 0 aliphatic carbocycles. The minimum Gasteiger partial charge on any atom is -0.366 e. The topological polar surface area (TPSA) is 78.4 Å². The van der Waals surface area contributed by atoms with Gasteiger partial charge in [-0.15, -0.1) is 0 Å². The van der Waals surface area contributed by atoms with Crippen molar-refractivity contribution in [3.8, 4) is 0 Å². The predicted octanol–water partition coefficient (Wildman–Crippen LogP) is 3.48. The van der Waals surface area contributed by atoms with Gasteiger partial charge in [0, 0.05) is 45.3 Å². The number of nitrogens with one attached hydrogen (secondary N) is 1. The second kappa shape index (κ2) is 8.57. The summed E-state index contributed by atoms with van der Waals surface area (Å²) < 4.78 is 27.1. The fourth-order valence-electron chi connectivity index (χ4n) is 3.68. The summed E-state index contributed by atoms with van der Waals surface area (Å²) in [6.07, 6.45) is 4.37. The van der Waals surface area contributed by atoms with E-state index in [9.17, 15) is 8.42 Å². The summed E-state index contributed by atoms with van der Waals surface area (Å²) in [5.74, 6) is 1.53. The van der Waals surface area contributed by atoms with E-state index in [2.05, 4.69) is 27.4 Å². The van der Waals surface area contributed by atoms with Gasteiger partial charge < -0.3 is 10.2 Å². The van der Waals surface area contributed by atoms with Gasteiger partial charge in [-0.1, -0.05) is 24.6 Å². The first kappa shape index (κ1) is 20.6. The number of fused-ring (bicyclic) bond motifs is 1. The van der Waals surface area contributed by atoms with Crippen molar-refractivity contribution in [1.82, 2.24) is 14.3 Å². The summed E-state index contributed by atoms with van der Waals surface area (Å²) in [5, 5.41) is 4.39. The number of nitrogens with zero attached hydrogens (tertiary/aromatic N) is 4. The average Bonchev–Trinajstić information content (AvgIpc) is 2.78. The number of piperidine rings is 1. The molecule has 158 valence electrons. The maximum Gasteiger partial charge on any atom is 0.244 e. The zero-order valence-corrected chi connectivity index (χ0v) is 18.2. The summed E-state index contributed by atoms with van der Waals surface area (Å²) in [4.78, 5) is 11.3. The number of sulfonamides is 1. The van der Waals surface area contributed by atoms with Crippen molar-refractivity contribution in [1.29, 1.82) is 0 Å². The summed E-state index contributed by atoms with van der Waals surface area (Å²) in [6, 6.07) is 13.5. The summed E-state index contributed by atoms with van der Waals surface area (Å²) in [6.45, 7) is 1.74. The number of benzene rings is 1. The molecule has 1 aliphatic heterocycles. The van der Waals surface area contributed by atoms with Gasteiger partial charge >= 0.3 is 0 Å². The van der Waals surface area contributed by atoms with Crippen LogP contribution in [0.25, 0.3) is 10.9 Å². The molecule has 3 aromatic rings. The van der Waals surface area contributed by atoms with E-state index in [4.69, 9.17) is 0 Å². The molecule has 1 aliphatic rings. The molecule has 1 aromatic carbocycles. The van der Waals surface area contributed by atoms with Crippen LogP contribution in [-0.4, -0.2) is 49.9 Å². The first-order chi connectivity index (χ1) is 14.4. The van der Waals surface area contributed by atoms with Gasteiger partial charge in [0.15, 0.2) is 0 Å². The molecule has 0 spiro atoms. The highest BCUT2D eigenvalue weighted by Crippen LogP contribution is 2.24. The van der Waals surface area contributed by atoms with Crippen molar-refractivity contribution in [2.24, 2.45) is 0 Å². The minimum atomic E-state index is -3.46. The van der Waals surface area contributed by atoms with E-state index in [1.54, 1.807) is 16.4 Å². The molecule has 0 bridgehead atoms. The molecule has 1 fully saturated rings. The van der Waals surface area contributed by atoms with Gasteiger partial charge in [-0.25, -0.2) is 18.4 Å². The Morgan fingerprint density at radius 2 is 1.83 bits per heavy atom. The Hall–Kier alpha value is -2.71. The van der Waals surface area contributed by atoms with E-state index >= 15 is 0 Å². The third-order valence-corrected chi connectivity index (χ3v) is 7.28. The molecule has 4 rings (SSSR count). The Morgan fingerprint density at radius 3 is 2.53 bits per heavy atom. The largest absolute Gasteiger partial charge is 0.366 e. The Kier molecular flexibility index (Phi) is 5.87. The average molecular weight is 426 g/mol. The number of pyridine rings is 2. The number of rotatable bonds is 6. The Bertz CT molecular complexity index is 1120. The van der Waals surface area contributed by atoms with Gasteiger partial charge in [-0.3, -0.25) is 0 Å². The zero-order chi connectivity index (χ0) is 21.1. The van der Waals surface area contributed by atoms with E-state index in [0.29, 0.717) is 25.5 Å². The van der Waals surface area contributed by atoms with Crippen molar-refractivity contribution in [3.63, 3.8) is 0 Å². The van der Waals surface area contributed by atoms with Crippen LogP contribution >= 0.6 is 0 Å². The molecule has 0 amide bonds. The number of aromatic nitrogens is 2. The van der Waals surface area contributed by atoms with Crippen molar-refractivity contribution in [2.75, 3.05) is 37.4 Å². The molecule has 8 heteroatoms. The van der Waals surface area contributed by atoms with Crippen LogP contribution in [0.1, 0.15) is 24.8 Å². The third-order valence-electron chi connectivity index (χ3n) is 5.40.